The third kappa shape index (κ3) is 4.48. The first-order valence-corrected chi connectivity index (χ1v) is 14.2. The Bertz CT molecular complexity index is 1380. The number of halogens is 1. The Morgan fingerprint density at radius 1 is 0.743 bits per heavy atom. The molecule has 0 saturated carbocycles. The van der Waals surface area contributed by atoms with Crippen molar-refractivity contribution in [3.63, 3.8) is 0 Å². The van der Waals surface area contributed by atoms with Crippen molar-refractivity contribution >= 4 is 45.6 Å². The molecule has 0 spiro atoms. The van der Waals surface area contributed by atoms with E-state index in [9.17, 15) is 0 Å². The van der Waals surface area contributed by atoms with Gasteiger partial charge in [0, 0.05) is 15.9 Å². The largest absolute Gasteiger partial charge is 0.453 e. The average Bonchev–Trinajstić information content (AvgIpc) is 3.31. The van der Waals surface area contributed by atoms with Gasteiger partial charge in [0.15, 0.2) is 18.6 Å². The van der Waals surface area contributed by atoms with E-state index in [0.29, 0.717) is 28.3 Å². The van der Waals surface area contributed by atoms with Gasteiger partial charge in [-0.05, 0) is 92.8 Å². The number of aryl methyl sites for hydroxylation is 4. The standard InChI is InChI=1S/C29H26IO4P/c1-18-10-19(2)13-23(12-18)35(31,24-14-20(3)11-21(4)15-24)26-16-25(34-22-8-6-5-7-9-22)28-29(27(26)30)33-17-32-28/h5-16H,17H2,1-4H3. The summed E-state index contributed by atoms with van der Waals surface area (Å²) in [5, 5.41) is 2.27. The van der Waals surface area contributed by atoms with Gasteiger partial charge >= 0.3 is 0 Å². The van der Waals surface area contributed by atoms with Gasteiger partial charge in [0.05, 0.1) is 3.57 Å². The van der Waals surface area contributed by atoms with Crippen LogP contribution in [0, 0.1) is 31.3 Å². The monoisotopic (exact) mass is 596 g/mol. The lowest BCUT2D eigenvalue weighted by Gasteiger charge is -2.24. The third-order valence-corrected chi connectivity index (χ3v) is 10.5. The summed E-state index contributed by atoms with van der Waals surface area (Å²) in [6.07, 6.45) is 0. The Kier molecular flexibility index (Phi) is 6.41. The molecule has 0 atom stereocenters. The molecular formula is C29H26IO4P. The molecule has 6 heteroatoms. The molecule has 0 unspecified atom stereocenters. The second kappa shape index (κ2) is 9.36. The molecule has 4 nitrogen and oxygen atoms in total. The predicted octanol–water partition coefficient (Wildman–Crippen LogP) is 6.69. The van der Waals surface area contributed by atoms with Crippen LogP contribution in [0.5, 0.6) is 23.0 Å². The average molecular weight is 596 g/mol. The number of fused-ring (bicyclic) bond motifs is 1. The van der Waals surface area contributed by atoms with Crippen molar-refractivity contribution in [1.82, 2.24) is 0 Å². The molecule has 0 radical (unpaired) electrons. The van der Waals surface area contributed by atoms with Crippen LogP contribution >= 0.6 is 29.7 Å². The number of hydrogen-bond donors (Lipinski definition) is 0. The maximum absolute atomic E-state index is 15.5. The van der Waals surface area contributed by atoms with E-state index >= 15 is 4.57 Å². The molecule has 1 heterocycles. The van der Waals surface area contributed by atoms with Crippen molar-refractivity contribution < 1.29 is 18.8 Å². The zero-order valence-corrected chi connectivity index (χ0v) is 23.1. The van der Waals surface area contributed by atoms with Gasteiger partial charge < -0.3 is 18.8 Å². The van der Waals surface area contributed by atoms with E-state index in [2.05, 4.69) is 34.7 Å². The van der Waals surface area contributed by atoms with Crippen LogP contribution in [0.3, 0.4) is 0 Å². The molecule has 178 valence electrons. The van der Waals surface area contributed by atoms with Gasteiger partial charge in [-0.15, -0.1) is 0 Å². The van der Waals surface area contributed by atoms with Crippen molar-refractivity contribution in [3.8, 4) is 23.0 Å². The van der Waals surface area contributed by atoms with Crippen molar-refractivity contribution in [3.05, 3.63) is 98.6 Å². The summed E-state index contributed by atoms with van der Waals surface area (Å²) in [5.41, 5.74) is 4.28. The highest BCUT2D eigenvalue weighted by atomic mass is 127. The highest BCUT2D eigenvalue weighted by Crippen LogP contribution is 2.52. The summed E-state index contributed by atoms with van der Waals surface area (Å²) in [4.78, 5) is 0. The van der Waals surface area contributed by atoms with Gasteiger partial charge in [0.25, 0.3) is 0 Å². The fourth-order valence-corrected chi connectivity index (χ4v) is 9.26. The summed E-state index contributed by atoms with van der Waals surface area (Å²) in [6, 6.07) is 23.7. The second-order valence-electron chi connectivity index (χ2n) is 8.99. The Morgan fingerprint density at radius 2 is 1.26 bits per heavy atom. The molecule has 0 bridgehead atoms. The van der Waals surface area contributed by atoms with Crippen LogP contribution in [-0.2, 0) is 4.57 Å². The van der Waals surface area contributed by atoms with Crippen molar-refractivity contribution in [1.29, 1.82) is 0 Å². The topological polar surface area (TPSA) is 44.8 Å². The molecule has 0 aromatic heterocycles. The number of rotatable bonds is 5. The van der Waals surface area contributed by atoms with E-state index < -0.39 is 7.14 Å². The SMILES string of the molecule is Cc1cc(C)cc(P(=O)(c2cc(C)cc(C)c2)c2cc(Oc3ccccc3)c3c(c2I)OCO3)c1. The van der Waals surface area contributed by atoms with Crippen LogP contribution < -0.4 is 30.1 Å². The van der Waals surface area contributed by atoms with E-state index in [-0.39, 0.29) is 6.79 Å². The van der Waals surface area contributed by atoms with Gasteiger partial charge in [0.1, 0.15) is 5.75 Å². The van der Waals surface area contributed by atoms with Crippen LogP contribution in [0.1, 0.15) is 22.3 Å². The molecular weight excluding hydrogens is 570 g/mol. The minimum Gasteiger partial charge on any atom is -0.453 e. The maximum atomic E-state index is 15.5. The first-order valence-electron chi connectivity index (χ1n) is 11.4. The Morgan fingerprint density at radius 3 is 1.80 bits per heavy atom. The smallest absolute Gasteiger partial charge is 0.231 e. The van der Waals surface area contributed by atoms with E-state index in [4.69, 9.17) is 14.2 Å². The molecule has 4 aromatic carbocycles. The maximum Gasteiger partial charge on any atom is 0.231 e. The molecule has 0 amide bonds. The lowest BCUT2D eigenvalue weighted by molar-refractivity contribution is 0.171. The van der Waals surface area contributed by atoms with Gasteiger partial charge in [-0.25, -0.2) is 0 Å². The highest BCUT2D eigenvalue weighted by molar-refractivity contribution is 14.1. The summed E-state index contributed by atoms with van der Waals surface area (Å²) in [5.74, 6) is 2.27. The Balaban J connectivity index is 1.82. The summed E-state index contributed by atoms with van der Waals surface area (Å²) < 4.78 is 34.2. The first-order chi connectivity index (χ1) is 16.8. The molecule has 0 aliphatic carbocycles. The van der Waals surface area contributed by atoms with E-state index in [1.165, 1.54) is 0 Å². The quantitative estimate of drug-likeness (QED) is 0.191. The van der Waals surface area contributed by atoms with E-state index in [1.807, 2.05) is 88.4 Å². The number of ether oxygens (including phenoxy) is 3. The second-order valence-corrected chi connectivity index (χ2v) is 12.8. The van der Waals surface area contributed by atoms with Crippen LogP contribution in [0.4, 0.5) is 0 Å². The lowest BCUT2D eigenvalue weighted by atomic mass is 10.2. The zero-order chi connectivity index (χ0) is 24.7. The van der Waals surface area contributed by atoms with Gasteiger partial charge in [-0.2, -0.15) is 0 Å². The third-order valence-electron chi connectivity index (χ3n) is 5.98. The summed E-state index contributed by atoms with van der Waals surface area (Å²) in [6.45, 7) is 8.25. The van der Waals surface area contributed by atoms with Crippen LogP contribution in [0.2, 0.25) is 0 Å². The normalized spacial score (nSPS) is 12.6. The molecule has 0 N–H and O–H groups in total. The van der Waals surface area contributed by atoms with Gasteiger partial charge in [-0.3, -0.25) is 0 Å². The molecule has 0 saturated heterocycles. The van der Waals surface area contributed by atoms with E-state index in [1.54, 1.807) is 0 Å². The van der Waals surface area contributed by atoms with Crippen LogP contribution in [0.15, 0.2) is 72.8 Å². The Hall–Kier alpha value is -2.76. The van der Waals surface area contributed by atoms with Crippen molar-refractivity contribution in [2.24, 2.45) is 0 Å². The number of benzene rings is 4. The van der Waals surface area contributed by atoms with Gasteiger partial charge in [-0.1, -0.05) is 52.6 Å². The first kappa shape index (κ1) is 24.0. The van der Waals surface area contributed by atoms with Gasteiger partial charge in [0.2, 0.25) is 12.5 Å². The van der Waals surface area contributed by atoms with Crippen LogP contribution in [-0.4, -0.2) is 6.79 Å². The number of hydrogen-bond acceptors (Lipinski definition) is 4. The number of para-hydroxylation sites is 1. The van der Waals surface area contributed by atoms with E-state index in [0.717, 1.165) is 36.4 Å². The van der Waals surface area contributed by atoms with Crippen molar-refractivity contribution in [2.45, 2.75) is 27.7 Å². The fraction of sp³-hybridized carbons (Fsp3) is 0.172. The summed E-state index contributed by atoms with van der Waals surface area (Å²) >= 11 is 2.24. The lowest BCUT2D eigenvalue weighted by Crippen LogP contribution is -2.28. The Labute approximate surface area is 219 Å². The highest BCUT2D eigenvalue weighted by Gasteiger charge is 2.37. The van der Waals surface area contributed by atoms with Crippen LogP contribution in [0.25, 0.3) is 0 Å². The molecule has 5 rings (SSSR count). The minimum atomic E-state index is -3.31. The zero-order valence-electron chi connectivity index (χ0n) is 20.1. The predicted molar refractivity (Wildman–Crippen MR) is 150 cm³/mol. The molecule has 35 heavy (non-hydrogen) atoms. The molecule has 0 fully saturated rings. The molecule has 1 aliphatic rings. The molecule has 1 aliphatic heterocycles. The van der Waals surface area contributed by atoms with Crippen molar-refractivity contribution in [2.75, 3.05) is 6.79 Å². The minimum absolute atomic E-state index is 0.0946. The fourth-order valence-electron chi connectivity index (χ4n) is 4.61. The molecule has 4 aromatic rings. The summed E-state index contributed by atoms with van der Waals surface area (Å²) in [7, 11) is -3.31.